The van der Waals surface area contributed by atoms with E-state index in [1.807, 2.05) is 6.07 Å². The zero-order valence-electron chi connectivity index (χ0n) is 10.4. The van der Waals surface area contributed by atoms with Gasteiger partial charge in [-0.15, -0.1) is 0 Å². The van der Waals surface area contributed by atoms with Crippen molar-refractivity contribution in [3.8, 4) is 0 Å². The van der Waals surface area contributed by atoms with Gasteiger partial charge >= 0.3 is 0 Å². The zero-order valence-corrected chi connectivity index (χ0v) is 11.2. The van der Waals surface area contributed by atoms with Crippen LogP contribution in [0.25, 0.3) is 10.9 Å². The maximum Gasteiger partial charge on any atom is 0.249 e. The largest absolute Gasteiger partial charge is 0.366 e. The normalized spacial score (nSPS) is 15.1. The van der Waals surface area contributed by atoms with Gasteiger partial charge in [-0.1, -0.05) is 23.7 Å². The molecule has 19 heavy (non-hydrogen) atoms. The lowest BCUT2D eigenvalue weighted by Gasteiger charge is -2.18. The first-order chi connectivity index (χ1) is 9.16. The van der Waals surface area contributed by atoms with Gasteiger partial charge in [0.15, 0.2) is 0 Å². The molecule has 1 saturated heterocycles. The summed E-state index contributed by atoms with van der Waals surface area (Å²) in [4.78, 5) is 18.4. The van der Waals surface area contributed by atoms with E-state index in [9.17, 15) is 4.79 Å². The van der Waals surface area contributed by atoms with Gasteiger partial charge in [-0.05, 0) is 25.0 Å². The van der Waals surface area contributed by atoms with E-state index in [0.717, 1.165) is 31.7 Å². The number of benzene rings is 1. The molecule has 0 saturated carbocycles. The van der Waals surface area contributed by atoms with Crippen molar-refractivity contribution in [3.05, 3.63) is 34.9 Å². The van der Waals surface area contributed by atoms with Crippen molar-refractivity contribution in [2.75, 3.05) is 18.0 Å². The molecule has 98 valence electrons. The van der Waals surface area contributed by atoms with Crippen LogP contribution in [0.3, 0.4) is 0 Å². The van der Waals surface area contributed by atoms with Gasteiger partial charge in [0.2, 0.25) is 5.91 Å². The Balaban J connectivity index is 2.25. The molecule has 1 fully saturated rings. The number of pyridine rings is 1. The van der Waals surface area contributed by atoms with E-state index in [-0.39, 0.29) is 0 Å². The number of fused-ring (bicyclic) bond motifs is 1. The second-order valence-electron chi connectivity index (χ2n) is 4.72. The second kappa shape index (κ2) is 4.70. The number of halogens is 1. The Morgan fingerprint density at radius 2 is 2.05 bits per heavy atom. The number of carbonyl (C=O) groups excluding carboxylic acids is 1. The fourth-order valence-corrected chi connectivity index (χ4v) is 2.73. The fourth-order valence-electron chi connectivity index (χ4n) is 2.51. The molecule has 1 aromatic carbocycles. The highest BCUT2D eigenvalue weighted by Gasteiger charge is 2.18. The van der Waals surface area contributed by atoms with Crippen LogP contribution in [0.2, 0.25) is 5.02 Å². The second-order valence-corrected chi connectivity index (χ2v) is 5.13. The Labute approximate surface area is 116 Å². The molecule has 0 bridgehead atoms. The number of hydrogen-bond donors (Lipinski definition) is 1. The highest BCUT2D eigenvalue weighted by Crippen LogP contribution is 2.29. The number of nitrogens with zero attached hydrogens (tertiary/aromatic N) is 2. The average molecular weight is 276 g/mol. The number of rotatable bonds is 2. The van der Waals surface area contributed by atoms with Crippen LogP contribution < -0.4 is 10.6 Å². The predicted molar refractivity (Wildman–Crippen MR) is 76.7 cm³/mol. The minimum absolute atomic E-state index is 0.449. The highest BCUT2D eigenvalue weighted by molar-refractivity contribution is 6.35. The van der Waals surface area contributed by atoms with Gasteiger partial charge in [0.25, 0.3) is 0 Å². The van der Waals surface area contributed by atoms with E-state index in [1.165, 1.54) is 0 Å². The number of aromatic nitrogens is 1. The topological polar surface area (TPSA) is 59.2 Å². The Bertz CT molecular complexity index is 650. The van der Waals surface area contributed by atoms with Gasteiger partial charge in [-0.3, -0.25) is 4.79 Å². The van der Waals surface area contributed by atoms with E-state index in [0.29, 0.717) is 21.5 Å². The van der Waals surface area contributed by atoms with Gasteiger partial charge in [-0.2, -0.15) is 0 Å². The van der Waals surface area contributed by atoms with Crippen LogP contribution in [0.4, 0.5) is 5.82 Å². The Kier molecular flexibility index (Phi) is 3.03. The highest BCUT2D eigenvalue weighted by atomic mass is 35.5. The smallest absolute Gasteiger partial charge is 0.249 e. The van der Waals surface area contributed by atoms with E-state index in [2.05, 4.69) is 9.88 Å². The molecular weight excluding hydrogens is 262 g/mol. The molecule has 2 N–H and O–H groups in total. The van der Waals surface area contributed by atoms with E-state index in [4.69, 9.17) is 17.3 Å². The zero-order chi connectivity index (χ0) is 13.4. The number of para-hydroxylation sites is 1. The number of anilines is 1. The molecule has 1 aromatic heterocycles. The number of carbonyl (C=O) groups is 1. The summed E-state index contributed by atoms with van der Waals surface area (Å²) in [7, 11) is 0. The summed E-state index contributed by atoms with van der Waals surface area (Å²) in [6.45, 7) is 1.92. The molecule has 1 amide bonds. The number of hydrogen-bond acceptors (Lipinski definition) is 3. The Hall–Kier alpha value is -1.81. The van der Waals surface area contributed by atoms with Gasteiger partial charge in [-0.25, -0.2) is 4.98 Å². The summed E-state index contributed by atoms with van der Waals surface area (Å²) in [6, 6.07) is 7.16. The summed E-state index contributed by atoms with van der Waals surface area (Å²) in [5, 5.41) is 1.25. The maximum atomic E-state index is 11.6. The SMILES string of the molecule is NC(=O)c1cc(N2CCCC2)nc2c(Cl)cccc12. The molecular formula is C14H14ClN3O. The molecule has 2 aromatic rings. The lowest BCUT2D eigenvalue weighted by Crippen LogP contribution is -2.20. The number of amides is 1. The fraction of sp³-hybridized carbons (Fsp3) is 0.286. The monoisotopic (exact) mass is 275 g/mol. The van der Waals surface area contributed by atoms with Gasteiger partial charge in [0.05, 0.1) is 16.1 Å². The molecule has 0 aliphatic carbocycles. The quantitative estimate of drug-likeness (QED) is 0.916. The van der Waals surface area contributed by atoms with Crippen LogP contribution in [-0.4, -0.2) is 24.0 Å². The van der Waals surface area contributed by atoms with Crippen molar-refractivity contribution in [1.82, 2.24) is 4.98 Å². The maximum absolute atomic E-state index is 11.6. The lowest BCUT2D eigenvalue weighted by atomic mass is 10.1. The van der Waals surface area contributed by atoms with Gasteiger partial charge < -0.3 is 10.6 Å². The predicted octanol–water partition coefficient (Wildman–Crippen LogP) is 2.59. The van der Waals surface area contributed by atoms with Crippen molar-refractivity contribution in [2.45, 2.75) is 12.8 Å². The van der Waals surface area contributed by atoms with Gasteiger partial charge in [0.1, 0.15) is 5.82 Å². The summed E-state index contributed by atoms with van der Waals surface area (Å²) in [5.41, 5.74) is 6.59. The minimum atomic E-state index is -0.449. The van der Waals surface area contributed by atoms with Crippen molar-refractivity contribution < 1.29 is 4.79 Å². The van der Waals surface area contributed by atoms with E-state index < -0.39 is 5.91 Å². The van der Waals surface area contributed by atoms with Gasteiger partial charge in [0, 0.05) is 18.5 Å². The minimum Gasteiger partial charge on any atom is -0.366 e. The lowest BCUT2D eigenvalue weighted by molar-refractivity contribution is 0.100. The molecule has 0 spiro atoms. The third-order valence-corrected chi connectivity index (χ3v) is 3.78. The van der Waals surface area contributed by atoms with Crippen LogP contribution >= 0.6 is 11.6 Å². The summed E-state index contributed by atoms with van der Waals surface area (Å²) >= 11 is 6.18. The first-order valence-corrected chi connectivity index (χ1v) is 6.68. The average Bonchev–Trinajstić information content (AvgIpc) is 2.92. The molecule has 3 rings (SSSR count). The van der Waals surface area contributed by atoms with Crippen molar-refractivity contribution in [3.63, 3.8) is 0 Å². The molecule has 0 radical (unpaired) electrons. The molecule has 0 unspecified atom stereocenters. The molecule has 1 aliphatic rings. The summed E-state index contributed by atoms with van der Waals surface area (Å²) in [5.74, 6) is 0.335. The molecule has 0 atom stereocenters. The molecule has 4 nitrogen and oxygen atoms in total. The summed E-state index contributed by atoms with van der Waals surface area (Å²) < 4.78 is 0. The third kappa shape index (κ3) is 2.12. The van der Waals surface area contributed by atoms with Crippen molar-refractivity contribution >= 4 is 34.2 Å². The van der Waals surface area contributed by atoms with Crippen molar-refractivity contribution in [1.29, 1.82) is 0 Å². The molecule has 5 heteroatoms. The Morgan fingerprint density at radius 3 is 2.74 bits per heavy atom. The first kappa shape index (κ1) is 12.2. The van der Waals surface area contributed by atoms with Crippen LogP contribution in [-0.2, 0) is 0 Å². The number of nitrogens with two attached hydrogens (primary N) is 1. The summed E-state index contributed by atoms with van der Waals surface area (Å²) in [6.07, 6.45) is 2.29. The third-order valence-electron chi connectivity index (χ3n) is 3.47. The Morgan fingerprint density at radius 1 is 1.32 bits per heavy atom. The van der Waals surface area contributed by atoms with E-state index >= 15 is 0 Å². The van der Waals surface area contributed by atoms with E-state index in [1.54, 1.807) is 18.2 Å². The van der Waals surface area contributed by atoms with Crippen molar-refractivity contribution in [2.24, 2.45) is 5.73 Å². The molecule has 2 heterocycles. The first-order valence-electron chi connectivity index (χ1n) is 6.31. The van der Waals surface area contributed by atoms with Crippen LogP contribution in [0, 0.1) is 0 Å². The van der Waals surface area contributed by atoms with Crippen LogP contribution in [0.5, 0.6) is 0 Å². The van der Waals surface area contributed by atoms with Crippen LogP contribution in [0.15, 0.2) is 24.3 Å². The molecule has 1 aliphatic heterocycles. The van der Waals surface area contributed by atoms with Crippen LogP contribution in [0.1, 0.15) is 23.2 Å². The standard InChI is InChI=1S/C14H14ClN3O/c15-11-5-3-4-9-10(14(16)19)8-12(17-13(9)11)18-6-1-2-7-18/h3-5,8H,1-2,6-7H2,(H2,16,19). The number of primary amides is 1.